The lowest BCUT2D eigenvalue weighted by atomic mass is 10.2. The maximum atomic E-state index is 11.9. The second-order valence-corrected chi connectivity index (χ2v) is 7.95. The smallest absolute Gasteiger partial charge is 0.252 e. The highest BCUT2D eigenvalue weighted by atomic mass is 32.2. The lowest BCUT2D eigenvalue weighted by Gasteiger charge is -2.09. The van der Waals surface area contributed by atoms with E-state index >= 15 is 0 Å². The Balaban J connectivity index is 1.81. The summed E-state index contributed by atoms with van der Waals surface area (Å²) in [7, 11) is -3.41. The predicted molar refractivity (Wildman–Crippen MR) is 94.1 cm³/mol. The van der Waals surface area contributed by atoms with E-state index < -0.39 is 9.84 Å². The highest BCUT2D eigenvalue weighted by Gasteiger charge is 2.14. The van der Waals surface area contributed by atoms with Gasteiger partial charge in [0, 0.05) is 30.2 Å². The van der Waals surface area contributed by atoms with Crippen molar-refractivity contribution < 1.29 is 18.0 Å². The van der Waals surface area contributed by atoms with Crippen LogP contribution in [0.25, 0.3) is 0 Å². The summed E-state index contributed by atoms with van der Waals surface area (Å²) in [5, 5.41) is 8.91. The zero-order chi connectivity index (χ0) is 17.6. The molecule has 1 aromatic heterocycles. The summed E-state index contributed by atoms with van der Waals surface area (Å²) in [5.74, 6) is -0.463. The van der Waals surface area contributed by atoms with Crippen molar-refractivity contribution in [2.24, 2.45) is 0 Å². The number of hydrogen-bond donors (Lipinski definition) is 2. The molecule has 1 aromatic carbocycles. The number of nitrogens with one attached hydrogen (secondary N) is 2. The van der Waals surface area contributed by atoms with Crippen molar-refractivity contribution >= 4 is 38.7 Å². The summed E-state index contributed by atoms with van der Waals surface area (Å²) in [6, 6.07) is 7.99. The number of anilines is 1. The minimum absolute atomic E-state index is 0.0871. The van der Waals surface area contributed by atoms with Crippen LogP contribution in [0, 0.1) is 0 Å². The Morgan fingerprint density at radius 3 is 2.58 bits per heavy atom. The molecule has 0 aliphatic heterocycles. The van der Waals surface area contributed by atoms with E-state index in [-0.39, 0.29) is 28.8 Å². The molecule has 2 N–H and O–H groups in total. The Morgan fingerprint density at radius 2 is 1.92 bits per heavy atom. The number of sulfone groups is 1. The van der Waals surface area contributed by atoms with E-state index in [0.717, 1.165) is 6.26 Å². The molecule has 0 radical (unpaired) electrons. The minimum atomic E-state index is -3.41. The van der Waals surface area contributed by atoms with Crippen LogP contribution in [0.5, 0.6) is 0 Å². The van der Waals surface area contributed by atoms with Crippen molar-refractivity contribution in [2.45, 2.75) is 17.7 Å². The van der Waals surface area contributed by atoms with Crippen LogP contribution in [0.1, 0.15) is 23.2 Å². The number of carbonyl (C=O) groups excluding carboxylic acids is 2. The van der Waals surface area contributed by atoms with Crippen LogP contribution in [0.3, 0.4) is 0 Å². The molecule has 2 aromatic rings. The van der Waals surface area contributed by atoms with Crippen molar-refractivity contribution in [3.05, 3.63) is 46.7 Å². The molecule has 0 spiro atoms. The summed E-state index contributed by atoms with van der Waals surface area (Å²) in [6.07, 6.45) is 1.74. The molecule has 2 rings (SSSR count). The molecule has 0 bridgehead atoms. The summed E-state index contributed by atoms with van der Waals surface area (Å²) in [6.45, 7) is 0.371. The Kier molecular flexibility index (Phi) is 6.10. The number of carbonyl (C=O) groups is 2. The molecule has 0 aliphatic carbocycles. The predicted octanol–water partition coefficient (Wildman–Crippen LogP) is 2.30. The van der Waals surface area contributed by atoms with Gasteiger partial charge in [-0.3, -0.25) is 9.59 Å². The number of hydrogen-bond acceptors (Lipinski definition) is 5. The van der Waals surface area contributed by atoms with Gasteiger partial charge in [-0.05, 0) is 30.0 Å². The van der Waals surface area contributed by atoms with Crippen LogP contribution < -0.4 is 10.6 Å². The van der Waals surface area contributed by atoms with Gasteiger partial charge >= 0.3 is 0 Å². The molecule has 0 aliphatic rings. The lowest BCUT2D eigenvalue weighted by Crippen LogP contribution is -2.25. The second kappa shape index (κ2) is 8.07. The van der Waals surface area contributed by atoms with E-state index in [9.17, 15) is 18.0 Å². The number of amides is 2. The number of rotatable bonds is 7. The molecule has 1 heterocycles. The Labute approximate surface area is 144 Å². The third-order valence-electron chi connectivity index (χ3n) is 3.21. The first-order valence-electron chi connectivity index (χ1n) is 7.27. The molecule has 6 nitrogen and oxygen atoms in total. The number of benzene rings is 1. The average Bonchev–Trinajstić information content (AvgIpc) is 3.05. The fourth-order valence-electron chi connectivity index (χ4n) is 2.05. The van der Waals surface area contributed by atoms with Gasteiger partial charge in [0.2, 0.25) is 5.91 Å². The molecule has 24 heavy (non-hydrogen) atoms. The second-order valence-electron chi connectivity index (χ2n) is 5.19. The average molecular weight is 366 g/mol. The van der Waals surface area contributed by atoms with Gasteiger partial charge < -0.3 is 10.6 Å². The van der Waals surface area contributed by atoms with Crippen LogP contribution in [-0.4, -0.2) is 33.0 Å². The van der Waals surface area contributed by atoms with Gasteiger partial charge in [-0.1, -0.05) is 12.1 Å². The fourth-order valence-corrected chi connectivity index (χ4v) is 3.53. The third kappa shape index (κ3) is 5.17. The zero-order valence-electron chi connectivity index (χ0n) is 13.1. The summed E-state index contributed by atoms with van der Waals surface area (Å²) >= 11 is 1.44. The normalized spacial score (nSPS) is 11.0. The third-order valence-corrected chi connectivity index (χ3v) is 5.05. The lowest BCUT2D eigenvalue weighted by molar-refractivity contribution is -0.116. The maximum absolute atomic E-state index is 11.9. The topological polar surface area (TPSA) is 92.3 Å². The van der Waals surface area contributed by atoms with E-state index in [1.807, 2.05) is 5.38 Å². The van der Waals surface area contributed by atoms with E-state index in [2.05, 4.69) is 10.6 Å². The van der Waals surface area contributed by atoms with Gasteiger partial charge in [0.1, 0.15) is 0 Å². The van der Waals surface area contributed by atoms with Crippen LogP contribution in [0.15, 0.2) is 46.0 Å². The van der Waals surface area contributed by atoms with Gasteiger partial charge in [0.15, 0.2) is 9.84 Å². The summed E-state index contributed by atoms with van der Waals surface area (Å²) in [5.41, 5.74) is 0.874. The Bertz CT molecular complexity index is 814. The molecule has 0 atom stereocenters. The van der Waals surface area contributed by atoms with Crippen LogP contribution in [0.2, 0.25) is 0 Å². The fraction of sp³-hybridized carbons (Fsp3) is 0.250. The molecule has 2 amide bonds. The first-order valence-corrected chi connectivity index (χ1v) is 10.1. The minimum Gasteiger partial charge on any atom is -0.352 e. The Morgan fingerprint density at radius 1 is 1.17 bits per heavy atom. The van der Waals surface area contributed by atoms with E-state index in [1.165, 1.54) is 17.4 Å². The molecule has 0 saturated heterocycles. The first-order chi connectivity index (χ1) is 11.4. The zero-order valence-corrected chi connectivity index (χ0v) is 14.7. The molecular weight excluding hydrogens is 348 g/mol. The molecular formula is C16H18N2O4S2. The first kappa shape index (κ1) is 18.2. The highest BCUT2D eigenvalue weighted by molar-refractivity contribution is 7.90. The molecule has 0 fully saturated rings. The largest absolute Gasteiger partial charge is 0.352 e. The quantitative estimate of drug-likeness (QED) is 0.736. The van der Waals surface area contributed by atoms with Gasteiger partial charge in [-0.15, -0.1) is 0 Å². The number of thiophene rings is 1. The van der Waals surface area contributed by atoms with Gasteiger partial charge in [-0.25, -0.2) is 8.42 Å². The van der Waals surface area contributed by atoms with Gasteiger partial charge in [0.05, 0.1) is 10.6 Å². The van der Waals surface area contributed by atoms with Crippen molar-refractivity contribution in [3.63, 3.8) is 0 Å². The SMILES string of the molecule is CS(=O)(=O)c1ccccc1NC(=O)CCCNC(=O)c1ccsc1. The van der Waals surface area contributed by atoms with E-state index in [4.69, 9.17) is 0 Å². The molecule has 0 saturated carbocycles. The van der Waals surface area contributed by atoms with Crippen molar-refractivity contribution in [1.82, 2.24) is 5.32 Å². The highest BCUT2D eigenvalue weighted by Crippen LogP contribution is 2.20. The summed E-state index contributed by atoms with van der Waals surface area (Å²) in [4.78, 5) is 23.8. The Hall–Kier alpha value is -2.19. The van der Waals surface area contributed by atoms with Crippen LogP contribution in [0.4, 0.5) is 5.69 Å². The van der Waals surface area contributed by atoms with E-state index in [0.29, 0.717) is 18.5 Å². The van der Waals surface area contributed by atoms with E-state index in [1.54, 1.807) is 29.6 Å². The summed E-state index contributed by atoms with van der Waals surface area (Å²) < 4.78 is 23.4. The maximum Gasteiger partial charge on any atom is 0.252 e. The monoisotopic (exact) mass is 366 g/mol. The molecule has 8 heteroatoms. The number of para-hydroxylation sites is 1. The van der Waals surface area contributed by atoms with Crippen molar-refractivity contribution in [2.75, 3.05) is 18.1 Å². The van der Waals surface area contributed by atoms with Crippen LogP contribution >= 0.6 is 11.3 Å². The van der Waals surface area contributed by atoms with Gasteiger partial charge in [0.25, 0.3) is 5.91 Å². The molecule has 0 unspecified atom stereocenters. The van der Waals surface area contributed by atoms with Crippen molar-refractivity contribution in [1.29, 1.82) is 0 Å². The van der Waals surface area contributed by atoms with Crippen molar-refractivity contribution in [3.8, 4) is 0 Å². The van der Waals surface area contributed by atoms with Crippen LogP contribution in [-0.2, 0) is 14.6 Å². The standard InChI is InChI=1S/C16H18N2O4S2/c1-24(21,22)14-6-3-2-5-13(14)18-15(19)7-4-9-17-16(20)12-8-10-23-11-12/h2-3,5-6,8,10-11H,4,7,9H2,1H3,(H,17,20)(H,18,19). The molecule has 128 valence electrons. The van der Waals surface area contributed by atoms with Gasteiger partial charge in [-0.2, -0.15) is 11.3 Å².